The van der Waals surface area contributed by atoms with E-state index >= 15 is 0 Å². The fraction of sp³-hybridized carbons (Fsp3) is 0.0714. The number of hydrogen-bond acceptors (Lipinski definition) is 3. The van der Waals surface area contributed by atoms with Gasteiger partial charge in [0, 0.05) is 16.8 Å². The Kier molecular flexibility index (Phi) is 4.45. The lowest BCUT2D eigenvalue weighted by atomic mass is 10.2. The summed E-state index contributed by atoms with van der Waals surface area (Å²) in [6, 6.07) is 10.6. The number of nitrogens with zero attached hydrogens (tertiary/aromatic N) is 1. The number of halogens is 2. The number of benzene rings is 2. The Morgan fingerprint density at radius 3 is 2.58 bits per heavy atom. The summed E-state index contributed by atoms with van der Waals surface area (Å²) in [5.41, 5.74) is 1.31. The van der Waals surface area contributed by atoms with Crippen LogP contribution in [0.1, 0.15) is 5.56 Å². The van der Waals surface area contributed by atoms with E-state index in [4.69, 9.17) is 16.3 Å². The number of methoxy groups -OCH3 is 1. The number of phenols is 1. The molecule has 0 aliphatic carbocycles. The molecule has 0 aliphatic heterocycles. The number of aliphatic imine (C=N–C) groups is 1. The zero-order valence-electron chi connectivity index (χ0n) is 10.1. The van der Waals surface area contributed by atoms with Crippen molar-refractivity contribution in [2.45, 2.75) is 0 Å². The zero-order chi connectivity index (χ0) is 13.8. The molecule has 2 rings (SSSR count). The summed E-state index contributed by atoms with van der Waals surface area (Å²) in [6.07, 6.45) is 1.56. The molecule has 0 radical (unpaired) electrons. The topological polar surface area (TPSA) is 41.8 Å². The first kappa shape index (κ1) is 13.9. The Morgan fingerprint density at radius 1 is 1.26 bits per heavy atom. The van der Waals surface area contributed by atoms with Gasteiger partial charge in [-0.05, 0) is 52.3 Å². The van der Waals surface area contributed by atoms with Crippen molar-refractivity contribution in [3.63, 3.8) is 0 Å². The van der Waals surface area contributed by atoms with Crippen LogP contribution in [0.15, 0.2) is 45.9 Å². The molecule has 19 heavy (non-hydrogen) atoms. The molecule has 0 bridgehead atoms. The molecular weight excluding hydrogens is 330 g/mol. The molecule has 5 heteroatoms. The monoisotopic (exact) mass is 339 g/mol. The summed E-state index contributed by atoms with van der Waals surface area (Å²) < 4.78 is 5.61. The van der Waals surface area contributed by atoms with Crippen molar-refractivity contribution in [2.75, 3.05) is 7.11 Å². The zero-order valence-corrected chi connectivity index (χ0v) is 12.4. The summed E-state index contributed by atoms with van der Waals surface area (Å²) in [5.74, 6) is 0.883. The predicted molar refractivity (Wildman–Crippen MR) is 81.1 cm³/mol. The van der Waals surface area contributed by atoms with Gasteiger partial charge in [0.15, 0.2) is 0 Å². The van der Waals surface area contributed by atoms with E-state index in [1.165, 1.54) is 0 Å². The van der Waals surface area contributed by atoms with Crippen LogP contribution in [0.25, 0.3) is 0 Å². The standard InChI is InChI=1S/C14H11BrClNO2/c1-19-12-4-2-11(3-5-12)17-8-9-6-10(16)7-13(15)14(9)18/h2-8,18H,1H3. The molecule has 0 atom stereocenters. The van der Waals surface area contributed by atoms with Crippen LogP contribution in [0, 0.1) is 0 Å². The van der Waals surface area contributed by atoms with E-state index in [9.17, 15) is 5.11 Å². The molecule has 0 fully saturated rings. The maximum Gasteiger partial charge on any atom is 0.138 e. The SMILES string of the molecule is COc1ccc(N=Cc2cc(Cl)cc(Br)c2O)cc1. The lowest BCUT2D eigenvalue weighted by Crippen LogP contribution is -1.84. The van der Waals surface area contributed by atoms with Gasteiger partial charge in [-0.1, -0.05) is 11.6 Å². The van der Waals surface area contributed by atoms with Gasteiger partial charge in [-0.3, -0.25) is 4.99 Å². The average molecular weight is 341 g/mol. The summed E-state index contributed by atoms with van der Waals surface area (Å²) in [7, 11) is 1.61. The maximum absolute atomic E-state index is 9.87. The van der Waals surface area contributed by atoms with E-state index in [1.54, 1.807) is 25.5 Å². The highest BCUT2D eigenvalue weighted by Crippen LogP contribution is 2.30. The van der Waals surface area contributed by atoms with Crippen molar-refractivity contribution >= 4 is 39.4 Å². The van der Waals surface area contributed by atoms with Crippen LogP contribution in [0.4, 0.5) is 5.69 Å². The fourth-order valence-electron chi connectivity index (χ4n) is 1.50. The van der Waals surface area contributed by atoms with Crippen LogP contribution >= 0.6 is 27.5 Å². The van der Waals surface area contributed by atoms with E-state index in [0.29, 0.717) is 15.1 Å². The summed E-state index contributed by atoms with van der Waals surface area (Å²) in [4.78, 5) is 4.27. The van der Waals surface area contributed by atoms with Gasteiger partial charge in [-0.15, -0.1) is 0 Å². The Morgan fingerprint density at radius 2 is 1.95 bits per heavy atom. The lowest BCUT2D eigenvalue weighted by Gasteiger charge is -2.03. The molecular formula is C14H11BrClNO2. The molecule has 0 amide bonds. The predicted octanol–water partition coefficient (Wildman–Crippen LogP) is 4.57. The molecule has 3 nitrogen and oxygen atoms in total. The highest BCUT2D eigenvalue weighted by Gasteiger charge is 2.05. The Balaban J connectivity index is 2.27. The minimum absolute atomic E-state index is 0.113. The van der Waals surface area contributed by atoms with Gasteiger partial charge in [0.1, 0.15) is 11.5 Å². The second-order valence-electron chi connectivity index (χ2n) is 3.78. The van der Waals surface area contributed by atoms with Gasteiger partial charge >= 0.3 is 0 Å². The van der Waals surface area contributed by atoms with Crippen LogP contribution in [0.2, 0.25) is 5.02 Å². The van der Waals surface area contributed by atoms with Gasteiger partial charge in [0.2, 0.25) is 0 Å². The molecule has 2 aromatic carbocycles. The van der Waals surface area contributed by atoms with Crippen molar-refractivity contribution < 1.29 is 9.84 Å². The van der Waals surface area contributed by atoms with Gasteiger partial charge in [0.05, 0.1) is 17.3 Å². The Bertz CT molecular complexity index is 612. The smallest absolute Gasteiger partial charge is 0.138 e. The summed E-state index contributed by atoms with van der Waals surface area (Å²) >= 11 is 9.15. The maximum atomic E-state index is 9.87. The molecule has 0 spiro atoms. The highest BCUT2D eigenvalue weighted by molar-refractivity contribution is 9.10. The van der Waals surface area contributed by atoms with E-state index in [1.807, 2.05) is 24.3 Å². The fourth-order valence-corrected chi connectivity index (χ4v) is 2.33. The number of aromatic hydroxyl groups is 1. The van der Waals surface area contributed by atoms with Crippen LogP contribution in [-0.2, 0) is 0 Å². The van der Waals surface area contributed by atoms with E-state index < -0.39 is 0 Å². The van der Waals surface area contributed by atoms with Crippen LogP contribution in [0.3, 0.4) is 0 Å². The van der Waals surface area contributed by atoms with Crippen molar-refractivity contribution in [1.82, 2.24) is 0 Å². The third kappa shape index (κ3) is 3.49. The summed E-state index contributed by atoms with van der Waals surface area (Å²) in [5, 5.41) is 10.4. The van der Waals surface area contributed by atoms with E-state index in [0.717, 1.165) is 11.4 Å². The molecule has 0 saturated heterocycles. The molecule has 98 valence electrons. The largest absolute Gasteiger partial charge is 0.506 e. The minimum atomic E-state index is 0.113. The lowest BCUT2D eigenvalue weighted by molar-refractivity contribution is 0.415. The van der Waals surface area contributed by atoms with Crippen molar-refractivity contribution in [1.29, 1.82) is 0 Å². The first-order valence-electron chi connectivity index (χ1n) is 5.46. The molecule has 0 unspecified atom stereocenters. The van der Waals surface area contributed by atoms with Gasteiger partial charge in [-0.2, -0.15) is 0 Å². The second kappa shape index (κ2) is 6.08. The highest BCUT2D eigenvalue weighted by atomic mass is 79.9. The van der Waals surface area contributed by atoms with Crippen LogP contribution < -0.4 is 4.74 Å². The van der Waals surface area contributed by atoms with Gasteiger partial charge in [0.25, 0.3) is 0 Å². The van der Waals surface area contributed by atoms with E-state index in [-0.39, 0.29) is 5.75 Å². The Labute approximate surface area is 124 Å². The van der Waals surface area contributed by atoms with Crippen LogP contribution in [-0.4, -0.2) is 18.4 Å². The second-order valence-corrected chi connectivity index (χ2v) is 5.07. The third-order valence-electron chi connectivity index (χ3n) is 2.48. The first-order chi connectivity index (χ1) is 9.10. The molecule has 1 N–H and O–H groups in total. The number of ether oxygens (including phenoxy) is 1. The number of rotatable bonds is 3. The molecule has 2 aromatic rings. The van der Waals surface area contributed by atoms with Crippen molar-refractivity contribution in [2.24, 2.45) is 4.99 Å². The summed E-state index contributed by atoms with van der Waals surface area (Å²) in [6.45, 7) is 0. The third-order valence-corrected chi connectivity index (χ3v) is 3.31. The molecule has 0 heterocycles. The Hall–Kier alpha value is -1.52. The number of hydrogen-bond donors (Lipinski definition) is 1. The minimum Gasteiger partial charge on any atom is -0.506 e. The number of phenolic OH excluding ortho intramolecular Hbond substituents is 1. The molecule has 0 aromatic heterocycles. The van der Waals surface area contributed by atoms with Crippen LogP contribution in [0.5, 0.6) is 11.5 Å². The molecule has 0 aliphatic rings. The normalized spacial score (nSPS) is 10.9. The quantitative estimate of drug-likeness (QED) is 0.832. The first-order valence-corrected chi connectivity index (χ1v) is 6.63. The van der Waals surface area contributed by atoms with Gasteiger partial charge in [-0.25, -0.2) is 0 Å². The van der Waals surface area contributed by atoms with Crippen molar-refractivity contribution in [3.8, 4) is 11.5 Å². The van der Waals surface area contributed by atoms with Gasteiger partial charge < -0.3 is 9.84 Å². The van der Waals surface area contributed by atoms with Crippen molar-refractivity contribution in [3.05, 3.63) is 51.5 Å². The average Bonchev–Trinajstić information content (AvgIpc) is 2.41. The van der Waals surface area contributed by atoms with E-state index in [2.05, 4.69) is 20.9 Å². The molecule has 0 saturated carbocycles.